The van der Waals surface area contributed by atoms with E-state index in [1.807, 2.05) is 0 Å². The number of rotatable bonds is 34. The molecule has 77 heavy (non-hydrogen) atoms. The van der Waals surface area contributed by atoms with E-state index >= 15 is 0 Å². The molecule has 22 N–H and O–H groups in total. The third-order valence-corrected chi connectivity index (χ3v) is 12.1. The van der Waals surface area contributed by atoms with Crippen LogP contribution in [0.2, 0.25) is 0 Å². The number of thiol groups is 2. The van der Waals surface area contributed by atoms with Crippen LogP contribution >= 0.6 is 25.3 Å². The van der Waals surface area contributed by atoms with Gasteiger partial charge in [0.1, 0.15) is 47.5 Å². The van der Waals surface area contributed by atoms with Crippen molar-refractivity contribution in [3.8, 4) is 5.75 Å². The second-order valence-corrected chi connectivity index (χ2v) is 18.8. The Bertz CT molecular complexity index is 2360. The molecule has 2 aromatic rings. The van der Waals surface area contributed by atoms with E-state index in [2.05, 4.69) is 77.8 Å². The van der Waals surface area contributed by atoms with Crippen LogP contribution in [0.3, 0.4) is 0 Å². The number of aliphatic carboxylic acids is 1. The fraction of sp³-hybridized carbons (Fsp3) is 0.511. The number of carbonyl (C=O) groups excluding carboxylic acids is 8. The average Bonchev–Trinajstić information content (AvgIpc) is 3.37. The van der Waals surface area contributed by atoms with Crippen LogP contribution in [0.5, 0.6) is 5.75 Å². The lowest BCUT2D eigenvalue weighted by Gasteiger charge is -2.31. The minimum atomic E-state index is -1.79. The topological polar surface area (TPSA) is 480 Å². The number of hydrogen-bond acceptors (Lipinski definition) is 16. The lowest BCUT2D eigenvalue weighted by molar-refractivity contribution is -0.141. The maximum absolute atomic E-state index is 14.7. The van der Waals surface area contributed by atoms with Gasteiger partial charge in [0.2, 0.25) is 41.4 Å². The molecule has 0 radical (unpaired) electrons. The van der Waals surface area contributed by atoms with Crippen LogP contribution in [0.15, 0.2) is 64.6 Å². The number of urea groups is 1. The molecule has 0 aromatic heterocycles. The van der Waals surface area contributed by atoms with Crippen LogP contribution in [0, 0.1) is 0 Å². The number of methoxy groups -OCH3 is 1. The third-order valence-electron chi connectivity index (χ3n) is 11.4. The Labute approximate surface area is 456 Å². The van der Waals surface area contributed by atoms with Crippen LogP contribution in [-0.4, -0.2) is 168 Å². The summed E-state index contributed by atoms with van der Waals surface area (Å²) in [6, 6.07) is 3.37. The molecule has 0 fully saturated rings. The number of nitrogens with one attached hydrogen (secondary N) is 8. The minimum Gasteiger partial charge on any atom is -0.508 e. The number of phenolic OH excluding ortho intramolecular Hbond substituents is 1. The number of carboxylic acid groups (broad SMARTS) is 1. The highest BCUT2D eigenvalue weighted by atomic mass is 32.1. The number of nitrogens with zero attached hydrogens (tertiary/aromatic N) is 2. The summed E-state index contributed by atoms with van der Waals surface area (Å²) in [5.41, 5.74) is 32.3. The number of amides is 9. The van der Waals surface area contributed by atoms with Crippen LogP contribution in [0.4, 0.5) is 4.79 Å². The Morgan fingerprint density at radius 2 is 1.13 bits per heavy atom. The molecule has 0 aliphatic carbocycles. The number of carbonyl (C=O) groups is 9. The van der Waals surface area contributed by atoms with E-state index in [9.17, 15) is 53.4 Å². The standard InChI is InChI=1S/C47H74N16O12S2/c1-47(2,63-41(70)34(23-76)60-36(65)29(48)11-7-17-54-44(49)50)43(73)62-30(12-8-18-55-46(53)74)37(66)57-32(20-26-13-15-27(64)16-14-26)38(67)59-33(21-28(75-3)22-56-45(51)52)40(69)58-31(19-25-9-5-4-6-10-25)39(68)61-35(24-77)42(71)72/h4-6,9-10,13-16,28-35,64,76-77H,7-8,11-12,17-24,48H2,1-3H3,(H,57,66)(H,58,69)(H,59,67)(H,60,65)(H,61,68)(H,62,73)(H,63,70)(H,71,72)(H4,49,50,54)(H4,51,52,56)(H3,53,55,74)/t28?,29-,30-,31-,32+,33-,34-,35-/m0/s1. The first-order valence-corrected chi connectivity index (χ1v) is 25.4. The predicted molar refractivity (Wildman–Crippen MR) is 292 cm³/mol. The van der Waals surface area contributed by atoms with Crippen molar-refractivity contribution in [3.05, 3.63) is 65.7 Å². The van der Waals surface area contributed by atoms with Crippen LogP contribution in [0.25, 0.3) is 0 Å². The van der Waals surface area contributed by atoms with Gasteiger partial charge < -0.3 is 91.9 Å². The molecule has 28 nitrogen and oxygen atoms in total. The largest absolute Gasteiger partial charge is 0.508 e. The summed E-state index contributed by atoms with van der Waals surface area (Å²) < 4.78 is 5.55. The Balaban J connectivity index is 2.56. The molecule has 0 heterocycles. The zero-order valence-electron chi connectivity index (χ0n) is 43.0. The normalized spacial score (nSPS) is 14.2. The summed E-state index contributed by atoms with van der Waals surface area (Å²) >= 11 is 8.22. The molecule has 0 aliphatic heterocycles. The van der Waals surface area contributed by atoms with Gasteiger partial charge >= 0.3 is 12.0 Å². The number of phenols is 1. The number of ether oxygens (including phenoxy) is 1. The van der Waals surface area contributed by atoms with Crippen molar-refractivity contribution < 1.29 is 58.1 Å². The lowest BCUT2D eigenvalue weighted by atomic mass is 10.00. The second-order valence-electron chi connectivity index (χ2n) is 18.1. The van der Waals surface area contributed by atoms with Crippen LogP contribution < -0.4 is 76.9 Å². The molecule has 1 unspecified atom stereocenters. The van der Waals surface area contributed by atoms with Crippen molar-refractivity contribution in [2.24, 2.45) is 44.4 Å². The molecular weight excluding hydrogens is 1040 g/mol. The van der Waals surface area contributed by atoms with E-state index in [4.69, 9.17) is 39.1 Å². The van der Waals surface area contributed by atoms with E-state index < -0.39 is 107 Å². The first-order valence-electron chi connectivity index (χ1n) is 24.1. The molecular formula is C47H74N16O12S2. The second kappa shape index (κ2) is 33.5. The quantitative estimate of drug-likeness (QED) is 0.0136. The highest BCUT2D eigenvalue weighted by molar-refractivity contribution is 7.80. The first kappa shape index (κ1) is 65.5. The molecule has 0 saturated heterocycles. The molecule has 426 valence electrons. The number of aliphatic imine (C=N–C) groups is 2. The number of hydrogen-bond donors (Lipinski definition) is 18. The van der Waals surface area contributed by atoms with Crippen molar-refractivity contribution in [1.82, 2.24) is 42.5 Å². The van der Waals surface area contributed by atoms with Gasteiger partial charge in [0.05, 0.1) is 18.7 Å². The molecule has 0 aliphatic rings. The van der Waals surface area contributed by atoms with E-state index in [1.54, 1.807) is 30.3 Å². The van der Waals surface area contributed by atoms with Gasteiger partial charge in [0.15, 0.2) is 11.9 Å². The molecule has 30 heteroatoms. The number of aromatic hydroxyl groups is 1. The monoisotopic (exact) mass is 1120 g/mol. The van der Waals surface area contributed by atoms with Gasteiger partial charge in [-0.05, 0) is 62.8 Å². The van der Waals surface area contributed by atoms with Gasteiger partial charge in [-0.1, -0.05) is 42.5 Å². The Kier molecular flexibility index (Phi) is 28.5. The summed E-state index contributed by atoms with van der Waals surface area (Å²) in [6.45, 7) is 2.60. The smallest absolute Gasteiger partial charge is 0.327 e. The molecule has 0 saturated carbocycles. The zero-order valence-corrected chi connectivity index (χ0v) is 44.8. The molecule has 2 rings (SSSR count). The number of primary amides is 1. The summed E-state index contributed by atoms with van der Waals surface area (Å²) in [7, 11) is 1.29. The van der Waals surface area contributed by atoms with Crippen molar-refractivity contribution in [1.29, 1.82) is 0 Å². The highest BCUT2D eigenvalue weighted by Gasteiger charge is 2.37. The molecule has 9 amide bonds. The maximum atomic E-state index is 14.7. The van der Waals surface area contributed by atoms with Crippen molar-refractivity contribution >= 4 is 90.5 Å². The summed E-state index contributed by atoms with van der Waals surface area (Å²) in [5, 5.41) is 40.0. The van der Waals surface area contributed by atoms with Crippen molar-refractivity contribution in [3.63, 3.8) is 0 Å². The Morgan fingerprint density at radius 3 is 1.65 bits per heavy atom. The molecule has 0 spiro atoms. The van der Waals surface area contributed by atoms with E-state index in [0.29, 0.717) is 17.5 Å². The van der Waals surface area contributed by atoms with Gasteiger partial charge in [0, 0.05) is 51.0 Å². The van der Waals surface area contributed by atoms with Crippen molar-refractivity contribution in [2.75, 3.05) is 38.2 Å². The summed E-state index contributed by atoms with van der Waals surface area (Å²) in [6.07, 6.45) is -1.32. The Hall–Kier alpha value is -7.57. The number of carboxylic acids is 1. The zero-order chi connectivity index (χ0) is 57.8. The highest BCUT2D eigenvalue weighted by Crippen LogP contribution is 2.15. The number of benzene rings is 2. The van der Waals surface area contributed by atoms with Gasteiger partial charge in [-0.2, -0.15) is 25.3 Å². The average molecular weight is 1120 g/mol. The van der Waals surface area contributed by atoms with Gasteiger partial charge in [-0.3, -0.25) is 43.5 Å². The summed E-state index contributed by atoms with van der Waals surface area (Å²) in [5.74, 6) is -8.65. The SMILES string of the molecule is COC(CN=C(N)N)C[C@H](NC(=O)[C@@H](Cc1ccc(O)cc1)NC(=O)[C@H](CCCNC(N)=O)NC(=O)C(C)(C)NC(=O)[C@H](CS)NC(=O)[C@@H](N)CCCN=C(N)N)C(=O)N[C@@H](Cc1ccccc1)C(=O)N[C@@H](CS)C(=O)O. The number of nitrogens with two attached hydrogens (primary N) is 6. The molecule has 0 bridgehead atoms. The predicted octanol–water partition coefficient (Wildman–Crippen LogP) is -4.57. The fourth-order valence-electron chi connectivity index (χ4n) is 7.06. The van der Waals surface area contributed by atoms with Gasteiger partial charge in [0.25, 0.3) is 0 Å². The Morgan fingerprint density at radius 1 is 0.623 bits per heavy atom. The van der Waals surface area contributed by atoms with Crippen LogP contribution in [-0.2, 0) is 55.9 Å². The number of guanidine groups is 2. The van der Waals surface area contributed by atoms with E-state index in [-0.39, 0.29) is 87.3 Å². The maximum Gasteiger partial charge on any atom is 0.327 e. The van der Waals surface area contributed by atoms with Crippen molar-refractivity contribution in [2.45, 2.75) is 113 Å². The minimum absolute atomic E-state index is 0.0399. The molecule has 8 atom stereocenters. The lowest BCUT2D eigenvalue weighted by Crippen LogP contribution is -2.63. The van der Waals surface area contributed by atoms with Gasteiger partial charge in [-0.25, -0.2) is 9.59 Å². The van der Waals surface area contributed by atoms with E-state index in [1.165, 1.54) is 45.2 Å². The van der Waals surface area contributed by atoms with Gasteiger partial charge in [-0.15, -0.1) is 0 Å². The van der Waals surface area contributed by atoms with E-state index in [0.717, 1.165) is 0 Å². The third kappa shape index (κ3) is 24.8. The fourth-order valence-corrected chi connectivity index (χ4v) is 7.56. The summed E-state index contributed by atoms with van der Waals surface area (Å²) in [4.78, 5) is 129. The molecule has 2 aromatic carbocycles. The first-order chi connectivity index (χ1) is 36.3. The van der Waals surface area contributed by atoms with Crippen LogP contribution in [0.1, 0.15) is 57.1 Å².